The van der Waals surface area contributed by atoms with Crippen LogP contribution in [0, 0.1) is 37.0 Å². The first-order valence-electron chi connectivity index (χ1n) is 13.6. The maximum absolute atomic E-state index is 10.6. The summed E-state index contributed by atoms with van der Waals surface area (Å²) < 4.78 is 0. The van der Waals surface area contributed by atoms with Crippen LogP contribution < -0.4 is 4.90 Å². The largest absolute Gasteiger partial charge is 0.508 e. The zero-order valence-corrected chi connectivity index (χ0v) is 20.5. The molecule has 5 fully saturated rings. The fourth-order valence-electron chi connectivity index (χ4n) is 9.98. The van der Waals surface area contributed by atoms with Gasteiger partial charge in [-0.15, -0.1) is 0 Å². The van der Waals surface area contributed by atoms with Crippen LogP contribution >= 0.6 is 0 Å². The minimum Gasteiger partial charge on any atom is -0.508 e. The van der Waals surface area contributed by atoms with Crippen molar-refractivity contribution in [3.63, 3.8) is 0 Å². The van der Waals surface area contributed by atoms with E-state index >= 15 is 0 Å². The van der Waals surface area contributed by atoms with Crippen molar-refractivity contribution < 1.29 is 5.11 Å². The number of piperidine rings is 1. The molecule has 34 heavy (non-hydrogen) atoms. The van der Waals surface area contributed by atoms with E-state index in [1.54, 1.807) is 0 Å². The van der Waals surface area contributed by atoms with E-state index in [0.29, 0.717) is 35.1 Å². The number of aromatic hydroxyl groups is 1. The molecule has 6 aliphatic rings. The Hall–Kier alpha value is -2.14. The quantitative estimate of drug-likeness (QED) is 0.743. The molecule has 3 heterocycles. The predicted octanol–water partition coefficient (Wildman–Crippen LogP) is 4.38. The van der Waals surface area contributed by atoms with Gasteiger partial charge in [0.25, 0.3) is 0 Å². The zero-order chi connectivity index (χ0) is 22.8. The summed E-state index contributed by atoms with van der Waals surface area (Å²) in [5.74, 6) is 3.90. The highest BCUT2D eigenvalue weighted by molar-refractivity contribution is 5.55. The highest BCUT2D eigenvalue weighted by Gasteiger charge is 2.76. The van der Waals surface area contributed by atoms with E-state index in [-0.39, 0.29) is 5.41 Å². The van der Waals surface area contributed by atoms with Gasteiger partial charge in [0.05, 0.1) is 11.4 Å². The molecule has 178 valence electrons. The Morgan fingerprint density at radius 3 is 2.88 bits per heavy atom. The smallest absolute Gasteiger partial charge is 0.150 e. The number of likely N-dealkylation sites (tertiary alicyclic amines) is 1. The summed E-state index contributed by atoms with van der Waals surface area (Å²) in [6.07, 6.45) is 11.2. The molecule has 2 aromatic rings. The lowest BCUT2D eigenvalue weighted by Gasteiger charge is -2.66. The number of anilines is 1. The molecule has 4 bridgehead atoms. The molecule has 8 rings (SSSR count). The van der Waals surface area contributed by atoms with Gasteiger partial charge in [0.2, 0.25) is 0 Å². The monoisotopic (exact) mass is 456 g/mol. The summed E-state index contributed by atoms with van der Waals surface area (Å²) in [4.78, 5) is 15.3. The molecule has 2 aliphatic heterocycles. The molecule has 0 spiro atoms. The second-order valence-electron chi connectivity index (χ2n) is 12.5. The van der Waals surface area contributed by atoms with Crippen LogP contribution in [0.25, 0.3) is 0 Å². The first kappa shape index (κ1) is 20.1. The third-order valence-corrected chi connectivity index (χ3v) is 11.1. The molecule has 4 aliphatic carbocycles. The van der Waals surface area contributed by atoms with Gasteiger partial charge in [0, 0.05) is 36.8 Å². The van der Waals surface area contributed by atoms with Crippen molar-refractivity contribution >= 4 is 5.82 Å². The van der Waals surface area contributed by atoms with Crippen molar-refractivity contribution in [2.24, 2.45) is 23.2 Å². The third kappa shape index (κ3) is 2.35. The van der Waals surface area contributed by atoms with Crippen molar-refractivity contribution in [1.82, 2.24) is 14.9 Å². The predicted molar refractivity (Wildman–Crippen MR) is 132 cm³/mol. The van der Waals surface area contributed by atoms with Gasteiger partial charge in [-0.3, -0.25) is 9.88 Å². The Balaban J connectivity index is 1.28. The lowest BCUT2D eigenvalue weighted by atomic mass is 9.43. The topological polar surface area (TPSA) is 52.5 Å². The summed E-state index contributed by atoms with van der Waals surface area (Å²) in [6.45, 7) is 7.87. The Bertz CT molecular complexity index is 1190. The minimum atomic E-state index is 0.206. The van der Waals surface area contributed by atoms with E-state index in [1.165, 1.54) is 69.2 Å². The molecule has 3 saturated carbocycles. The maximum Gasteiger partial charge on any atom is 0.150 e. The van der Waals surface area contributed by atoms with E-state index in [4.69, 9.17) is 4.98 Å². The second kappa shape index (κ2) is 6.54. The number of aryl methyl sites for hydroxylation is 2. The first-order chi connectivity index (χ1) is 16.5. The molecular weight excluding hydrogens is 420 g/mol. The molecular formula is C29H36N4O. The van der Waals surface area contributed by atoms with Gasteiger partial charge in [-0.2, -0.15) is 0 Å². The highest BCUT2D eigenvalue weighted by atomic mass is 16.3. The molecule has 2 saturated heterocycles. The lowest BCUT2D eigenvalue weighted by molar-refractivity contribution is -0.0921. The van der Waals surface area contributed by atoms with Crippen molar-refractivity contribution in [2.75, 3.05) is 24.5 Å². The van der Waals surface area contributed by atoms with E-state index < -0.39 is 0 Å². The van der Waals surface area contributed by atoms with E-state index in [1.807, 2.05) is 12.3 Å². The number of phenols is 1. The van der Waals surface area contributed by atoms with Crippen molar-refractivity contribution in [2.45, 2.75) is 76.3 Å². The summed E-state index contributed by atoms with van der Waals surface area (Å²) in [5, 5.41) is 10.6. The van der Waals surface area contributed by atoms with E-state index in [2.05, 4.69) is 40.8 Å². The van der Waals surface area contributed by atoms with Crippen LogP contribution in [0.4, 0.5) is 5.82 Å². The van der Waals surface area contributed by atoms with Gasteiger partial charge in [-0.1, -0.05) is 6.07 Å². The first-order valence-corrected chi connectivity index (χ1v) is 13.6. The maximum atomic E-state index is 10.6. The number of hydrogen-bond donors (Lipinski definition) is 1. The molecule has 5 unspecified atom stereocenters. The molecule has 6 atom stereocenters. The molecule has 0 amide bonds. The number of fused-ring (bicyclic) bond motifs is 1. The van der Waals surface area contributed by atoms with Crippen molar-refractivity contribution in [3.05, 3.63) is 46.9 Å². The SMILES string of the molecule is Cc1cnc(C)c(N2C[C@H]3CC45CCC2C3C42CCN(CC3CC3)C5Cc3ccc(O)cc32)n1. The number of hydrogen-bond acceptors (Lipinski definition) is 5. The standard InChI is InChI=1S/C29H36N4O/c1-17-14-30-18(2)27(31-17)33-16-21-13-28-8-7-24(33)26(21)29(28)9-10-32(15-19-3-4-19)25(28)11-20-5-6-22(34)12-23(20)29/h5-6,12,14,19,21,24-26,34H,3-4,7-11,13,15-16H2,1-2H3/t21-,24?,25?,26?,28?,29?/m1/s1. The normalized spacial score (nSPS) is 39.8. The van der Waals surface area contributed by atoms with Crippen LogP contribution in [0.1, 0.15) is 61.0 Å². The Morgan fingerprint density at radius 1 is 1.15 bits per heavy atom. The van der Waals surface area contributed by atoms with E-state index in [9.17, 15) is 5.11 Å². The fourth-order valence-corrected chi connectivity index (χ4v) is 9.98. The molecule has 1 aromatic carbocycles. The number of nitrogens with zero attached hydrogens (tertiary/aromatic N) is 4. The number of benzene rings is 1. The molecule has 5 nitrogen and oxygen atoms in total. The molecule has 1 aromatic heterocycles. The van der Waals surface area contributed by atoms with Crippen LogP contribution in [0.15, 0.2) is 24.4 Å². The summed E-state index contributed by atoms with van der Waals surface area (Å²) >= 11 is 0. The van der Waals surface area contributed by atoms with Crippen LogP contribution in [0.2, 0.25) is 0 Å². The van der Waals surface area contributed by atoms with Crippen LogP contribution in [-0.4, -0.2) is 51.7 Å². The average Bonchev–Trinajstić information content (AvgIpc) is 3.51. The molecule has 1 N–H and O–H groups in total. The fraction of sp³-hybridized carbons (Fsp3) is 0.655. The van der Waals surface area contributed by atoms with E-state index in [0.717, 1.165) is 29.7 Å². The van der Waals surface area contributed by atoms with Gasteiger partial charge < -0.3 is 10.0 Å². The van der Waals surface area contributed by atoms with Gasteiger partial charge >= 0.3 is 0 Å². The van der Waals surface area contributed by atoms with Crippen LogP contribution in [0.5, 0.6) is 5.75 Å². The van der Waals surface area contributed by atoms with Gasteiger partial charge in [0.15, 0.2) is 5.82 Å². The van der Waals surface area contributed by atoms with Crippen LogP contribution in [-0.2, 0) is 11.8 Å². The van der Waals surface area contributed by atoms with Gasteiger partial charge in [-0.25, -0.2) is 4.98 Å². The molecule has 5 heteroatoms. The highest BCUT2D eigenvalue weighted by Crippen LogP contribution is 2.75. The lowest BCUT2D eigenvalue weighted by Crippen LogP contribution is -2.69. The zero-order valence-electron chi connectivity index (χ0n) is 20.5. The number of phenolic OH excluding ortho intramolecular Hbond substituents is 1. The van der Waals surface area contributed by atoms with Crippen molar-refractivity contribution in [3.8, 4) is 5.75 Å². The van der Waals surface area contributed by atoms with Crippen molar-refractivity contribution in [1.29, 1.82) is 0 Å². The summed E-state index contributed by atoms with van der Waals surface area (Å²) in [5.41, 5.74) is 5.70. The average molecular weight is 457 g/mol. The number of aromatic nitrogens is 2. The Labute approximate surface area is 202 Å². The number of rotatable bonds is 3. The summed E-state index contributed by atoms with van der Waals surface area (Å²) in [6, 6.07) is 7.60. The van der Waals surface area contributed by atoms with Crippen LogP contribution in [0.3, 0.4) is 0 Å². The minimum absolute atomic E-state index is 0.206. The molecule has 0 radical (unpaired) electrons. The van der Waals surface area contributed by atoms with Gasteiger partial charge in [-0.05, 0) is 112 Å². The van der Waals surface area contributed by atoms with Gasteiger partial charge in [0.1, 0.15) is 5.75 Å². The summed E-state index contributed by atoms with van der Waals surface area (Å²) in [7, 11) is 0. The second-order valence-corrected chi connectivity index (χ2v) is 12.5. The third-order valence-electron chi connectivity index (χ3n) is 11.1. The Kier molecular flexibility index (Phi) is 3.87. The Morgan fingerprint density at radius 2 is 2.03 bits per heavy atom.